The van der Waals surface area contributed by atoms with Crippen molar-refractivity contribution in [1.29, 1.82) is 0 Å². The van der Waals surface area contributed by atoms with Crippen molar-refractivity contribution in [1.82, 2.24) is 0 Å². The Balaban J connectivity index is 3.61. The molecule has 2 heteroatoms. The van der Waals surface area contributed by atoms with Gasteiger partial charge in [-0.05, 0) is 6.42 Å². The molecule has 0 unspecified atom stereocenters. The van der Waals surface area contributed by atoms with Gasteiger partial charge in [0.25, 0.3) is 0 Å². The molecule has 0 amide bonds. The highest BCUT2D eigenvalue weighted by Gasteiger charge is 2.11. The Morgan fingerprint density at radius 1 is 1.31 bits per heavy atom. The van der Waals surface area contributed by atoms with E-state index < -0.39 is 12.2 Å². The van der Waals surface area contributed by atoms with Crippen molar-refractivity contribution < 1.29 is 10.2 Å². The average Bonchev–Trinajstić information content (AvgIpc) is 2.14. The van der Waals surface area contributed by atoms with Gasteiger partial charge in [-0.2, -0.15) is 0 Å². The normalized spacial score (nSPS) is 15.9. The Kier molecular flexibility index (Phi) is 7.65. The molecule has 76 valence electrons. The van der Waals surface area contributed by atoms with E-state index >= 15 is 0 Å². The van der Waals surface area contributed by atoms with Crippen LogP contribution in [-0.2, 0) is 0 Å². The van der Waals surface area contributed by atoms with Gasteiger partial charge in [0.15, 0.2) is 0 Å². The van der Waals surface area contributed by atoms with Gasteiger partial charge >= 0.3 is 0 Å². The molecule has 2 atom stereocenters. The molecular formula is C11H20O2. The lowest BCUT2D eigenvalue weighted by Crippen LogP contribution is -2.23. The summed E-state index contributed by atoms with van der Waals surface area (Å²) in [7, 11) is 0. The largest absolute Gasteiger partial charge is 0.390 e. The predicted octanol–water partition coefficient (Wildman–Crippen LogP) is 2.03. The molecule has 0 aliphatic rings. The van der Waals surface area contributed by atoms with Crippen LogP contribution in [0, 0.1) is 0 Å². The molecule has 2 nitrogen and oxygen atoms in total. The number of allylic oxidation sites excluding steroid dienone is 2. The molecule has 0 aromatic carbocycles. The van der Waals surface area contributed by atoms with Crippen molar-refractivity contribution in [2.45, 2.75) is 44.8 Å². The van der Waals surface area contributed by atoms with Gasteiger partial charge in [-0.1, -0.05) is 51.0 Å². The van der Waals surface area contributed by atoms with Gasteiger partial charge in [0, 0.05) is 0 Å². The third-order valence-electron chi connectivity index (χ3n) is 1.94. The van der Waals surface area contributed by atoms with Gasteiger partial charge in [-0.3, -0.25) is 0 Å². The van der Waals surface area contributed by atoms with Gasteiger partial charge in [0.2, 0.25) is 0 Å². The summed E-state index contributed by atoms with van der Waals surface area (Å²) in [6.45, 7) is 5.60. The van der Waals surface area contributed by atoms with Crippen LogP contribution in [0.2, 0.25) is 0 Å². The first-order valence-corrected chi connectivity index (χ1v) is 4.87. The van der Waals surface area contributed by atoms with Crippen molar-refractivity contribution in [2.75, 3.05) is 0 Å². The monoisotopic (exact) mass is 184 g/mol. The Hall–Kier alpha value is -0.600. The Bertz CT molecular complexity index is 152. The minimum absolute atomic E-state index is 0.636. The van der Waals surface area contributed by atoms with Gasteiger partial charge in [-0.15, -0.1) is 0 Å². The SMILES string of the molecule is C=C/C=C/[C@@H](O)[C@H](O)CCCCC. The molecule has 0 aromatic heterocycles. The van der Waals surface area contributed by atoms with Gasteiger partial charge in [0.1, 0.15) is 0 Å². The Morgan fingerprint density at radius 3 is 2.54 bits per heavy atom. The Morgan fingerprint density at radius 2 is 2.00 bits per heavy atom. The number of hydrogen-bond donors (Lipinski definition) is 2. The van der Waals surface area contributed by atoms with Crippen molar-refractivity contribution in [3.8, 4) is 0 Å². The van der Waals surface area contributed by atoms with Crippen LogP contribution >= 0.6 is 0 Å². The quantitative estimate of drug-likeness (QED) is 0.469. The standard InChI is InChI=1S/C11H20O2/c1-3-5-7-9-11(13)10(12)8-6-4-2/h4,6,8,10-13H,2-3,5,7,9H2,1H3/b8-6+/t10-,11-/m1/s1. The van der Waals surface area contributed by atoms with E-state index in [1.165, 1.54) is 0 Å². The lowest BCUT2D eigenvalue weighted by molar-refractivity contribution is 0.0415. The molecule has 0 aliphatic carbocycles. The average molecular weight is 184 g/mol. The second kappa shape index (κ2) is 8.02. The summed E-state index contributed by atoms with van der Waals surface area (Å²) < 4.78 is 0. The van der Waals surface area contributed by atoms with Crippen molar-refractivity contribution in [3.63, 3.8) is 0 Å². The van der Waals surface area contributed by atoms with Crippen LogP contribution in [0.3, 0.4) is 0 Å². The first-order chi connectivity index (χ1) is 6.22. The maximum absolute atomic E-state index is 9.44. The Labute approximate surface area is 80.6 Å². The molecule has 0 saturated carbocycles. The van der Waals surface area contributed by atoms with Crippen molar-refractivity contribution >= 4 is 0 Å². The summed E-state index contributed by atoms with van der Waals surface area (Å²) in [6, 6.07) is 0. The summed E-state index contributed by atoms with van der Waals surface area (Å²) in [5, 5.41) is 18.8. The minimum atomic E-state index is -0.755. The molecule has 0 bridgehead atoms. The van der Waals surface area contributed by atoms with E-state index in [4.69, 9.17) is 0 Å². The minimum Gasteiger partial charge on any atom is -0.390 e. The summed E-state index contributed by atoms with van der Waals surface area (Å²) >= 11 is 0. The number of aliphatic hydroxyl groups excluding tert-OH is 2. The van der Waals surface area contributed by atoms with Crippen LogP contribution in [0.25, 0.3) is 0 Å². The molecule has 0 radical (unpaired) electrons. The van der Waals surface area contributed by atoms with E-state index in [1.54, 1.807) is 18.2 Å². The number of unbranched alkanes of at least 4 members (excludes halogenated alkanes) is 2. The number of aliphatic hydroxyl groups is 2. The van der Waals surface area contributed by atoms with E-state index in [9.17, 15) is 10.2 Å². The zero-order valence-electron chi connectivity index (χ0n) is 8.32. The molecular weight excluding hydrogens is 164 g/mol. The molecule has 0 aliphatic heterocycles. The van der Waals surface area contributed by atoms with E-state index in [0.717, 1.165) is 19.3 Å². The van der Waals surface area contributed by atoms with Crippen LogP contribution in [0.1, 0.15) is 32.6 Å². The lowest BCUT2D eigenvalue weighted by atomic mass is 10.1. The molecule has 0 heterocycles. The fourth-order valence-electron chi connectivity index (χ4n) is 1.09. The maximum Gasteiger partial charge on any atom is 0.0982 e. The fraction of sp³-hybridized carbons (Fsp3) is 0.636. The zero-order chi connectivity index (χ0) is 10.1. The first-order valence-electron chi connectivity index (χ1n) is 4.87. The third-order valence-corrected chi connectivity index (χ3v) is 1.94. The highest BCUT2D eigenvalue weighted by Crippen LogP contribution is 2.07. The van der Waals surface area contributed by atoms with Crippen LogP contribution in [0.4, 0.5) is 0 Å². The topological polar surface area (TPSA) is 40.5 Å². The fourth-order valence-corrected chi connectivity index (χ4v) is 1.09. The van der Waals surface area contributed by atoms with E-state index in [2.05, 4.69) is 13.5 Å². The lowest BCUT2D eigenvalue weighted by Gasteiger charge is -2.13. The predicted molar refractivity (Wildman–Crippen MR) is 55.5 cm³/mol. The van der Waals surface area contributed by atoms with Crippen LogP contribution < -0.4 is 0 Å². The van der Waals surface area contributed by atoms with E-state index in [-0.39, 0.29) is 0 Å². The molecule has 0 spiro atoms. The molecule has 13 heavy (non-hydrogen) atoms. The summed E-state index contributed by atoms with van der Waals surface area (Å²) in [4.78, 5) is 0. The van der Waals surface area contributed by atoms with Crippen LogP contribution in [0.15, 0.2) is 24.8 Å². The second-order valence-electron chi connectivity index (χ2n) is 3.17. The smallest absolute Gasteiger partial charge is 0.0982 e. The first kappa shape index (κ1) is 12.4. The second-order valence-corrected chi connectivity index (χ2v) is 3.17. The van der Waals surface area contributed by atoms with Gasteiger partial charge in [-0.25, -0.2) is 0 Å². The summed E-state index contributed by atoms with van der Waals surface area (Å²) in [5.41, 5.74) is 0. The third kappa shape index (κ3) is 6.55. The highest BCUT2D eigenvalue weighted by atomic mass is 16.3. The maximum atomic E-state index is 9.44. The van der Waals surface area contributed by atoms with Gasteiger partial charge < -0.3 is 10.2 Å². The van der Waals surface area contributed by atoms with Crippen LogP contribution in [0.5, 0.6) is 0 Å². The number of hydrogen-bond acceptors (Lipinski definition) is 2. The summed E-state index contributed by atoms with van der Waals surface area (Å²) in [6.07, 6.45) is 7.27. The molecule has 0 rings (SSSR count). The molecule has 2 N–H and O–H groups in total. The van der Waals surface area contributed by atoms with Crippen molar-refractivity contribution in [3.05, 3.63) is 24.8 Å². The van der Waals surface area contributed by atoms with Crippen molar-refractivity contribution in [2.24, 2.45) is 0 Å². The van der Waals surface area contributed by atoms with E-state index in [0.29, 0.717) is 6.42 Å². The highest BCUT2D eigenvalue weighted by molar-refractivity contribution is 5.02. The number of rotatable bonds is 7. The van der Waals surface area contributed by atoms with Gasteiger partial charge in [0.05, 0.1) is 12.2 Å². The zero-order valence-corrected chi connectivity index (χ0v) is 8.32. The molecule has 0 saturated heterocycles. The van der Waals surface area contributed by atoms with E-state index in [1.807, 2.05) is 0 Å². The summed E-state index contributed by atoms with van der Waals surface area (Å²) in [5.74, 6) is 0. The molecule has 0 fully saturated rings. The molecule has 0 aromatic rings. The van der Waals surface area contributed by atoms with Crippen LogP contribution in [-0.4, -0.2) is 22.4 Å².